The second kappa shape index (κ2) is 6.82. The van der Waals surface area contributed by atoms with Crippen molar-refractivity contribution in [3.8, 4) is 0 Å². The molecule has 1 aromatic heterocycles. The number of anilines is 1. The van der Waals surface area contributed by atoms with Crippen LogP contribution in [0, 0.1) is 6.92 Å². The second-order valence-corrected chi connectivity index (χ2v) is 6.64. The van der Waals surface area contributed by atoms with Gasteiger partial charge >= 0.3 is 5.97 Å². The van der Waals surface area contributed by atoms with Gasteiger partial charge in [0.2, 0.25) is 0 Å². The van der Waals surface area contributed by atoms with Crippen LogP contribution in [-0.2, 0) is 14.8 Å². The minimum atomic E-state index is -3.96. The van der Waals surface area contributed by atoms with Crippen LogP contribution in [0.4, 0.5) is 5.69 Å². The summed E-state index contributed by atoms with van der Waals surface area (Å²) in [5.41, 5.74) is 1.36. The van der Waals surface area contributed by atoms with Gasteiger partial charge in [-0.1, -0.05) is 12.1 Å². The van der Waals surface area contributed by atoms with Crippen LogP contribution in [0.2, 0.25) is 0 Å². The molecule has 0 radical (unpaired) electrons. The number of benzene rings is 1. The number of esters is 1. The van der Waals surface area contributed by atoms with Gasteiger partial charge in [-0.3, -0.25) is 9.40 Å². The fourth-order valence-corrected chi connectivity index (χ4v) is 3.74. The van der Waals surface area contributed by atoms with Crippen molar-refractivity contribution in [3.63, 3.8) is 0 Å². The summed E-state index contributed by atoms with van der Waals surface area (Å²) < 4.78 is 31.9. The summed E-state index contributed by atoms with van der Waals surface area (Å²) in [7, 11) is -3.96. The highest BCUT2D eigenvalue weighted by molar-refractivity contribution is 7.92. The first-order valence-electron chi connectivity index (χ1n) is 7.21. The summed E-state index contributed by atoms with van der Waals surface area (Å²) in [6.45, 7) is 5.62. The Balaban J connectivity index is 2.49. The average molecular weight is 337 g/mol. The fourth-order valence-electron chi connectivity index (χ4n) is 2.21. The summed E-state index contributed by atoms with van der Waals surface area (Å²) in [5, 5.41) is 5.83. The van der Waals surface area contributed by atoms with Gasteiger partial charge in [-0.15, -0.1) is 0 Å². The zero-order chi connectivity index (χ0) is 17.0. The highest BCUT2D eigenvalue weighted by atomic mass is 32.2. The summed E-state index contributed by atoms with van der Waals surface area (Å²) in [4.78, 5) is 11.9. The smallest absolute Gasteiger partial charge is 0.342 e. The average Bonchev–Trinajstić information content (AvgIpc) is 2.98. The molecule has 0 unspecified atom stereocenters. The standard InChI is InChI=1S/C15H19N3O4S/c1-4-18(12-8-6-7-11(3)9-12)23(20,21)14-13(10-16-17-14)15(19)22-5-2/h6-10H,4-5H2,1-3H3,(H,16,17). The minimum Gasteiger partial charge on any atom is -0.462 e. The van der Waals surface area contributed by atoms with Gasteiger partial charge in [0.15, 0.2) is 5.03 Å². The predicted octanol–water partition coefficient (Wildman–Crippen LogP) is 2.11. The van der Waals surface area contributed by atoms with Crippen molar-refractivity contribution in [3.05, 3.63) is 41.6 Å². The van der Waals surface area contributed by atoms with E-state index in [-0.39, 0.29) is 23.7 Å². The second-order valence-electron chi connectivity index (χ2n) is 4.84. The molecule has 0 aliphatic carbocycles. The van der Waals surface area contributed by atoms with E-state index in [1.54, 1.807) is 32.0 Å². The van der Waals surface area contributed by atoms with Gasteiger partial charge in [-0.05, 0) is 38.5 Å². The lowest BCUT2D eigenvalue weighted by atomic mass is 10.2. The third-order valence-corrected chi connectivity index (χ3v) is 5.10. The number of aryl methyl sites for hydroxylation is 1. The highest BCUT2D eigenvalue weighted by Crippen LogP contribution is 2.25. The van der Waals surface area contributed by atoms with E-state index >= 15 is 0 Å². The molecule has 0 fully saturated rings. The number of rotatable bonds is 6. The Bertz CT molecular complexity index is 799. The predicted molar refractivity (Wildman–Crippen MR) is 85.9 cm³/mol. The third-order valence-electron chi connectivity index (χ3n) is 3.22. The van der Waals surface area contributed by atoms with Crippen LogP contribution in [0.15, 0.2) is 35.5 Å². The molecule has 0 amide bonds. The highest BCUT2D eigenvalue weighted by Gasteiger charge is 2.31. The van der Waals surface area contributed by atoms with E-state index < -0.39 is 16.0 Å². The number of hydrogen-bond acceptors (Lipinski definition) is 5. The van der Waals surface area contributed by atoms with Crippen LogP contribution in [0.25, 0.3) is 0 Å². The summed E-state index contributed by atoms with van der Waals surface area (Å²) in [6, 6.07) is 7.13. The molecule has 0 saturated heterocycles. The molecule has 1 heterocycles. The molecule has 124 valence electrons. The summed E-state index contributed by atoms with van der Waals surface area (Å²) >= 11 is 0. The molecule has 0 bridgehead atoms. The van der Waals surface area contributed by atoms with Crippen molar-refractivity contribution in [2.24, 2.45) is 0 Å². The Hall–Kier alpha value is -2.35. The van der Waals surface area contributed by atoms with Gasteiger partial charge in [-0.25, -0.2) is 4.79 Å². The Kier molecular flexibility index (Phi) is 5.05. The Morgan fingerprint density at radius 1 is 1.35 bits per heavy atom. The first-order valence-corrected chi connectivity index (χ1v) is 8.65. The molecule has 0 saturated carbocycles. The van der Waals surface area contributed by atoms with Crippen LogP contribution in [0.3, 0.4) is 0 Å². The molecular formula is C15H19N3O4S. The zero-order valence-corrected chi connectivity index (χ0v) is 14.1. The molecule has 0 aliphatic rings. The molecule has 0 atom stereocenters. The van der Waals surface area contributed by atoms with Gasteiger partial charge in [0.1, 0.15) is 5.56 Å². The monoisotopic (exact) mass is 337 g/mol. The van der Waals surface area contributed by atoms with Crippen molar-refractivity contribution in [2.75, 3.05) is 17.5 Å². The normalized spacial score (nSPS) is 11.3. The lowest BCUT2D eigenvalue weighted by Gasteiger charge is -2.22. The van der Waals surface area contributed by atoms with Crippen LogP contribution in [-0.4, -0.2) is 37.7 Å². The zero-order valence-electron chi connectivity index (χ0n) is 13.2. The van der Waals surface area contributed by atoms with Gasteiger partial charge in [0.25, 0.3) is 10.0 Å². The largest absolute Gasteiger partial charge is 0.462 e. The Morgan fingerprint density at radius 2 is 2.09 bits per heavy atom. The maximum atomic E-state index is 12.9. The van der Waals surface area contributed by atoms with Crippen molar-refractivity contribution in [2.45, 2.75) is 25.8 Å². The number of nitrogens with zero attached hydrogens (tertiary/aromatic N) is 2. The van der Waals surface area contributed by atoms with Gasteiger partial charge in [0, 0.05) is 6.54 Å². The van der Waals surface area contributed by atoms with Crippen molar-refractivity contribution >= 4 is 21.7 Å². The molecule has 0 spiro atoms. The molecule has 7 nitrogen and oxygen atoms in total. The Morgan fingerprint density at radius 3 is 2.70 bits per heavy atom. The van der Waals surface area contributed by atoms with Gasteiger partial charge in [0.05, 0.1) is 18.5 Å². The quantitative estimate of drug-likeness (QED) is 0.815. The summed E-state index contributed by atoms with van der Waals surface area (Å²) in [6.07, 6.45) is 1.16. The van der Waals surface area contributed by atoms with Gasteiger partial charge < -0.3 is 4.74 Å². The number of ether oxygens (including phenoxy) is 1. The minimum absolute atomic E-state index is 0.0991. The molecule has 1 N–H and O–H groups in total. The van der Waals surface area contributed by atoms with Crippen LogP contribution in [0.5, 0.6) is 0 Å². The van der Waals surface area contributed by atoms with Crippen molar-refractivity contribution in [1.29, 1.82) is 0 Å². The molecule has 0 aliphatic heterocycles. The van der Waals surface area contributed by atoms with E-state index in [0.717, 1.165) is 11.8 Å². The van der Waals surface area contributed by atoms with Crippen LogP contribution < -0.4 is 4.31 Å². The maximum Gasteiger partial charge on any atom is 0.342 e. The molecular weight excluding hydrogens is 318 g/mol. The number of hydrogen-bond donors (Lipinski definition) is 1. The number of aromatic nitrogens is 2. The van der Waals surface area contributed by atoms with E-state index in [1.807, 2.05) is 13.0 Å². The number of sulfonamides is 1. The number of nitrogens with one attached hydrogen (secondary N) is 1. The number of H-pyrrole nitrogens is 1. The first-order chi connectivity index (χ1) is 10.9. The summed E-state index contributed by atoms with van der Waals surface area (Å²) in [5.74, 6) is -0.722. The van der Waals surface area contributed by atoms with Crippen LogP contribution >= 0.6 is 0 Å². The van der Waals surface area contributed by atoms with Gasteiger partial charge in [-0.2, -0.15) is 13.5 Å². The molecule has 2 aromatic rings. The SMILES string of the molecule is CCOC(=O)c1cn[nH]c1S(=O)(=O)N(CC)c1cccc(C)c1. The maximum absolute atomic E-state index is 12.9. The lowest BCUT2D eigenvalue weighted by molar-refractivity contribution is 0.0522. The van der Waals surface area contributed by atoms with E-state index in [9.17, 15) is 13.2 Å². The van der Waals surface area contributed by atoms with E-state index in [2.05, 4.69) is 10.2 Å². The van der Waals surface area contributed by atoms with E-state index in [1.165, 1.54) is 4.31 Å². The molecule has 1 aromatic carbocycles. The van der Waals surface area contributed by atoms with Crippen molar-refractivity contribution < 1.29 is 17.9 Å². The topological polar surface area (TPSA) is 92.4 Å². The van der Waals surface area contributed by atoms with Crippen molar-refractivity contribution in [1.82, 2.24) is 10.2 Å². The van der Waals surface area contributed by atoms with Crippen LogP contribution in [0.1, 0.15) is 29.8 Å². The molecule has 8 heteroatoms. The van der Waals surface area contributed by atoms with E-state index in [4.69, 9.17) is 4.74 Å². The third kappa shape index (κ3) is 3.37. The Labute approximate surface area is 135 Å². The number of carbonyl (C=O) groups excluding carboxylic acids is 1. The number of carbonyl (C=O) groups is 1. The number of aromatic amines is 1. The first kappa shape index (κ1) is 17.0. The molecule has 2 rings (SSSR count). The fraction of sp³-hybridized carbons (Fsp3) is 0.333. The lowest BCUT2D eigenvalue weighted by Crippen LogP contribution is -2.32. The molecule has 23 heavy (non-hydrogen) atoms. The van der Waals surface area contributed by atoms with E-state index in [0.29, 0.717) is 5.69 Å².